The molecule has 0 spiro atoms. The molecule has 1 aromatic rings. The van der Waals surface area contributed by atoms with Gasteiger partial charge in [0, 0.05) is 24.2 Å². The maximum absolute atomic E-state index is 12.7. The SMILES string of the molecule is Cc1cccc(OC(=O)N(C(C)C)C(C)C)c1OC(=O)N(C(C)C)C(C)C. The molecular formula is C21H34N2O4. The van der Waals surface area contributed by atoms with Crippen LogP contribution in [-0.2, 0) is 0 Å². The molecule has 2 amide bonds. The van der Waals surface area contributed by atoms with Gasteiger partial charge in [0.15, 0.2) is 11.5 Å². The van der Waals surface area contributed by atoms with E-state index in [0.29, 0.717) is 0 Å². The van der Waals surface area contributed by atoms with Crippen LogP contribution in [0, 0.1) is 6.92 Å². The van der Waals surface area contributed by atoms with Crippen molar-refractivity contribution in [1.29, 1.82) is 0 Å². The molecule has 0 aliphatic carbocycles. The quantitative estimate of drug-likeness (QED) is 0.680. The number of nitrogens with zero attached hydrogens (tertiary/aromatic N) is 2. The Morgan fingerprint density at radius 3 is 1.56 bits per heavy atom. The molecule has 152 valence electrons. The highest BCUT2D eigenvalue weighted by molar-refractivity contribution is 5.76. The zero-order valence-electron chi connectivity index (χ0n) is 18.1. The van der Waals surface area contributed by atoms with E-state index in [1.54, 1.807) is 21.9 Å². The van der Waals surface area contributed by atoms with Crippen molar-refractivity contribution in [3.63, 3.8) is 0 Å². The lowest BCUT2D eigenvalue weighted by Gasteiger charge is -2.31. The zero-order chi connectivity index (χ0) is 20.9. The first-order chi connectivity index (χ1) is 12.5. The molecule has 0 radical (unpaired) electrons. The molecule has 27 heavy (non-hydrogen) atoms. The van der Waals surface area contributed by atoms with Crippen LogP contribution in [0.2, 0.25) is 0 Å². The summed E-state index contributed by atoms with van der Waals surface area (Å²) >= 11 is 0. The number of carbonyl (C=O) groups is 2. The summed E-state index contributed by atoms with van der Waals surface area (Å²) in [4.78, 5) is 28.6. The third-order valence-electron chi connectivity index (χ3n) is 4.21. The van der Waals surface area contributed by atoms with Crippen molar-refractivity contribution in [2.75, 3.05) is 0 Å². The Labute approximate surface area is 163 Å². The van der Waals surface area contributed by atoms with Crippen LogP contribution in [0.5, 0.6) is 11.5 Å². The van der Waals surface area contributed by atoms with Crippen LogP contribution in [-0.4, -0.2) is 46.2 Å². The Morgan fingerprint density at radius 1 is 0.741 bits per heavy atom. The first-order valence-electron chi connectivity index (χ1n) is 9.57. The predicted molar refractivity (Wildman–Crippen MR) is 107 cm³/mol. The second-order valence-corrected chi connectivity index (χ2v) is 7.83. The number of ether oxygens (including phenoxy) is 2. The van der Waals surface area contributed by atoms with E-state index in [1.807, 2.05) is 68.4 Å². The molecule has 0 N–H and O–H groups in total. The molecule has 0 heterocycles. The van der Waals surface area contributed by atoms with Crippen LogP contribution in [0.1, 0.15) is 61.0 Å². The maximum atomic E-state index is 12.7. The van der Waals surface area contributed by atoms with Crippen molar-refractivity contribution in [3.8, 4) is 11.5 Å². The molecule has 0 aliphatic rings. The third kappa shape index (κ3) is 5.88. The lowest BCUT2D eigenvalue weighted by Crippen LogP contribution is -2.44. The monoisotopic (exact) mass is 378 g/mol. The molecule has 0 unspecified atom stereocenters. The van der Waals surface area contributed by atoms with Crippen molar-refractivity contribution < 1.29 is 19.1 Å². The maximum Gasteiger partial charge on any atom is 0.415 e. The minimum absolute atomic E-state index is 0.00863. The number of hydrogen-bond acceptors (Lipinski definition) is 4. The van der Waals surface area contributed by atoms with Gasteiger partial charge in [-0.25, -0.2) is 9.59 Å². The zero-order valence-corrected chi connectivity index (χ0v) is 18.1. The van der Waals surface area contributed by atoms with Gasteiger partial charge in [-0.1, -0.05) is 12.1 Å². The summed E-state index contributed by atoms with van der Waals surface area (Å²) in [6.07, 6.45) is -0.927. The normalized spacial score (nSPS) is 11.3. The third-order valence-corrected chi connectivity index (χ3v) is 4.21. The van der Waals surface area contributed by atoms with E-state index >= 15 is 0 Å². The number of amides is 2. The Hall–Kier alpha value is -2.24. The topological polar surface area (TPSA) is 59.1 Å². The number of para-hydroxylation sites is 1. The Kier molecular flexibility index (Phi) is 8.13. The van der Waals surface area contributed by atoms with Gasteiger partial charge in [-0.05, 0) is 73.9 Å². The molecule has 6 heteroatoms. The molecular weight excluding hydrogens is 344 g/mol. The van der Waals surface area contributed by atoms with Crippen molar-refractivity contribution in [1.82, 2.24) is 9.80 Å². The van der Waals surface area contributed by atoms with Crippen LogP contribution in [0.25, 0.3) is 0 Å². The van der Waals surface area contributed by atoms with E-state index in [1.165, 1.54) is 0 Å². The highest BCUT2D eigenvalue weighted by Crippen LogP contribution is 2.32. The number of hydrogen-bond donors (Lipinski definition) is 0. The van der Waals surface area contributed by atoms with E-state index in [9.17, 15) is 9.59 Å². The van der Waals surface area contributed by atoms with Crippen LogP contribution in [0.4, 0.5) is 9.59 Å². The minimum Gasteiger partial charge on any atom is -0.406 e. The molecule has 0 atom stereocenters. The Morgan fingerprint density at radius 2 is 1.15 bits per heavy atom. The van der Waals surface area contributed by atoms with Gasteiger partial charge in [-0.3, -0.25) is 0 Å². The molecule has 1 aromatic carbocycles. The molecule has 0 saturated heterocycles. The summed E-state index contributed by atoms with van der Waals surface area (Å²) in [5, 5.41) is 0. The molecule has 1 rings (SSSR count). The van der Waals surface area contributed by atoms with Gasteiger partial charge in [0.25, 0.3) is 0 Å². The molecule has 0 aliphatic heterocycles. The average molecular weight is 379 g/mol. The summed E-state index contributed by atoms with van der Waals surface area (Å²) in [5.74, 6) is 0.515. The molecule has 0 aromatic heterocycles. The predicted octanol–water partition coefficient (Wildman–Crippen LogP) is 5.23. The van der Waals surface area contributed by atoms with Gasteiger partial charge in [-0.15, -0.1) is 0 Å². The number of aryl methyl sites for hydroxylation is 1. The fourth-order valence-electron chi connectivity index (χ4n) is 3.16. The summed E-state index contributed by atoms with van der Waals surface area (Å²) in [7, 11) is 0. The van der Waals surface area contributed by atoms with Crippen LogP contribution in [0.3, 0.4) is 0 Å². The van der Waals surface area contributed by atoms with Crippen molar-refractivity contribution in [3.05, 3.63) is 23.8 Å². The van der Waals surface area contributed by atoms with Crippen molar-refractivity contribution in [2.24, 2.45) is 0 Å². The first-order valence-corrected chi connectivity index (χ1v) is 9.57. The largest absolute Gasteiger partial charge is 0.415 e. The van der Waals surface area contributed by atoms with Crippen LogP contribution >= 0.6 is 0 Å². The lowest BCUT2D eigenvalue weighted by molar-refractivity contribution is 0.113. The molecule has 0 fully saturated rings. The Bertz CT molecular complexity index is 638. The van der Waals surface area contributed by atoms with Gasteiger partial charge in [0.2, 0.25) is 0 Å². The second-order valence-electron chi connectivity index (χ2n) is 7.83. The average Bonchev–Trinajstić information content (AvgIpc) is 2.49. The summed E-state index contributed by atoms with van der Waals surface area (Å²) < 4.78 is 11.3. The van der Waals surface area contributed by atoms with Crippen LogP contribution in [0.15, 0.2) is 18.2 Å². The minimum atomic E-state index is -0.465. The molecule has 0 bridgehead atoms. The van der Waals surface area contributed by atoms with E-state index in [4.69, 9.17) is 9.47 Å². The first kappa shape index (κ1) is 22.8. The highest BCUT2D eigenvalue weighted by Gasteiger charge is 2.27. The van der Waals surface area contributed by atoms with Gasteiger partial charge < -0.3 is 19.3 Å². The van der Waals surface area contributed by atoms with Crippen LogP contribution < -0.4 is 9.47 Å². The van der Waals surface area contributed by atoms with Gasteiger partial charge in [0.1, 0.15) is 0 Å². The summed E-state index contributed by atoms with van der Waals surface area (Å²) in [6.45, 7) is 17.3. The van der Waals surface area contributed by atoms with Crippen molar-refractivity contribution in [2.45, 2.75) is 86.5 Å². The van der Waals surface area contributed by atoms with Gasteiger partial charge in [-0.2, -0.15) is 0 Å². The number of carbonyl (C=O) groups excluding carboxylic acids is 2. The van der Waals surface area contributed by atoms with Crippen molar-refractivity contribution >= 4 is 12.2 Å². The fourth-order valence-corrected chi connectivity index (χ4v) is 3.16. The second kappa shape index (κ2) is 9.62. The van der Waals surface area contributed by atoms with E-state index < -0.39 is 12.2 Å². The summed E-state index contributed by atoms with van der Waals surface area (Å²) in [5.41, 5.74) is 0.724. The van der Waals surface area contributed by atoms with Gasteiger partial charge in [0.05, 0.1) is 0 Å². The number of benzene rings is 1. The fraction of sp³-hybridized carbons (Fsp3) is 0.619. The van der Waals surface area contributed by atoms with E-state index in [-0.39, 0.29) is 35.7 Å². The number of rotatable bonds is 6. The highest BCUT2D eigenvalue weighted by atomic mass is 16.6. The molecule has 0 saturated carbocycles. The lowest BCUT2D eigenvalue weighted by atomic mass is 10.2. The molecule has 6 nitrogen and oxygen atoms in total. The van der Waals surface area contributed by atoms with E-state index in [0.717, 1.165) is 5.56 Å². The summed E-state index contributed by atoms with van der Waals surface area (Å²) in [6, 6.07) is 5.19. The Balaban J connectivity index is 3.14. The smallest absolute Gasteiger partial charge is 0.406 e. The van der Waals surface area contributed by atoms with Gasteiger partial charge >= 0.3 is 12.2 Å². The van der Waals surface area contributed by atoms with E-state index in [2.05, 4.69) is 0 Å². The standard InChI is InChI=1S/C21H34N2O4/c1-13(2)22(14(3)4)20(24)26-18-12-10-11-17(9)19(18)27-21(25)23(15(5)6)16(7)8/h10-16H,1-9H3.